The molecule has 0 spiro atoms. The lowest BCUT2D eigenvalue weighted by Gasteiger charge is -2.35. The summed E-state index contributed by atoms with van der Waals surface area (Å²) in [5.74, 6) is 2.55. The third kappa shape index (κ3) is 10.9. The molecule has 69 heavy (non-hydrogen) atoms. The standard InChI is InChI=1S/C51H60N16O2/c1-31(2)37-16-49(62-54-21-37)61-48-18-43(51-46(59-48)15-40(20-53-51)42-24-57-67(30-42)13-11-65-27-34(5)69-35(6)28-65)36(7)38-17-50(63-55-22-38)60-47-9-8-44-45(58-47)14-39(19-52-44)41-23-56-66(29-41)12-10-64-25-32(3)68-33(4)26-64/h8-9,14-24,29-36H,10-13,25-28H2,1-7H3,(H,58,60,63)(H,59,61,62)/t32-,33-,34-,35+,36?/m0/s1. The maximum absolute atomic E-state index is 5.94. The second-order valence-electron chi connectivity index (χ2n) is 19.0. The normalized spacial score (nSPS) is 19.7. The fourth-order valence-corrected chi connectivity index (χ4v) is 9.50. The number of rotatable bonds is 15. The van der Waals surface area contributed by atoms with Gasteiger partial charge in [-0.05, 0) is 92.8 Å². The molecule has 2 aliphatic heterocycles. The van der Waals surface area contributed by atoms with Gasteiger partial charge in [0.25, 0.3) is 0 Å². The van der Waals surface area contributed by atoms with Crippen molar-refractivity contribution in [1.29, 1.82) is 0 Å². The summed E-state index contributed by atoms with van der Waals surface area (Å²) in [5, 5.41) is 33.8. The lowest BCUT2D eigenvalue weighted by Crippen LogP contribution is -2.46. The Labute approximate surface area is 401 Å². The van der Waals surface area contributed by atoms with Crippen LogP contribution in [-0.2, 0) is 22.6 Å². The summed E-state index contributed by atoms with van der Waals surface area (Å²) in [7, 11) is 0. The molecule has 18 heteroatoms. The Morgan fingerprint density at radius 2 is 1.07 bits per heavy atom. The fraction of sp³-hybridized carbons (Fsp3) is 0.412. The molecule has 356 valence electrons. The fourth-order valence-electron chi connectivity index (χ4n) is 9.50. The number of nitrogens with one attached hydrogen (secondary N) is 2. The predicted octanol–water partition coefficient (Wildman–Crippen LogP) is 7.86. The molecule has 2 aliphatic rings. The number of aromatic nitrogens is 12. The Morgan fingerprint density at radius 3 is 1.68 bits per heavy atom. The SMILES string of the molecule is CC(C)c1cnnc(Nc2cc(C(C)c3cnnc(Nc4ccc5ncc(-c6cnn(CCN7C[C@H](C)O[C@@H](C)C7)c6)cc5n4)c3)c3ncc(-c4cnn(CCN5C[C@@H](C)O[C@@H](C)C5)c4)cc3n2)c1. The van der Waals surface area contributed by atoms with Crippen molar-refractivity contribution >= 4 is 45.3 Å². The van der Waals surface area contributed by atoms with E-state index in [4.69, 9.17) is 34.5 Å². The van der Waals surface area contributed by atoms with Gasteiger partial charge in [-0.1, -0.05) is 20.8 Å². The summed E-state index contributed by atoms with van der Waals surface area (Å²) in [5.41, 5.74) is 9.84. The van der Waals surface area contributed by atoms with E-state index in [0.29, 0.717) is 23.3 Å². The van der Waals surface area contributed by atoms with E-state index >= 15 is 0 Å². The van der Waals surface area contributed by atoms with Crippen molar-refractivity contribution in [3.63, 3.8) is 0 Å². The molecule has 10 rings (SSSR count). The van der Waals surface area contributed by atoms with Crippen LogP contribution < -0.4 is 10.6 Å². The van der Waals surface area contributed by atoms with Gasteiger partial charge in [0.05, 0.1) is 84.4 Å². The van der Waals surface area contributed by atoms with Gasteiger partial charge in [0.1, 0.15) is 11.6 Å². The highest BCUT2D eigenvalue weighted by molar-refractivity contribution is 5.86. The number of morpholine rings is 2. The van der Waals surface area contributed by atoms with Crippen molar-refractivity contribution in [3.05, 3.63) is 109 Å². The predicted molar refractivity (Wildman–Crippen MR) is 267 cm³/mol. The van der Waals surface area contributed by atoms with Crippen molar-refractivity contribution in [2.75, 3.05) is 49.9 Å². The average Bonchev–Trinajstić information content (AvgIpc) is 4.02. The van der Waals surface area contributed by atoms with Crippen LogP contribution in [0.15, 0.2) is 92.0 Å². The second kappa shape index (κ2) is 20.0. The lowest BCUT2D eigenvalue weighted by atomic mass is 9.93. The van der Waals surface area contributed by atoms with Crippen molar-refractivity contribution in [3.8, 4) is 22.3 Å². The molecule has 2 saturated heterocycles. The summed E-state index contributed by atoms with van der Waals surface area (Å²) >= 11 is 0. The highest BCUT2D eigenvalue weighted by Gasteiger charge is 2.24. The zero-order valence-corrected chi connectivity index (χ0v) is 40.4. The Kier molecular flexibility index (Phi) is 13.3. The molecular formula is C51H60N16O2. The van der Waals surface area contributed by atoms with Crippen LogP contribution in [0.2, 0.25) is 0 Å². The van der Waals surface area contributed by atoms with Crippen LogP contribution in [0.25, 0.3) is 44.3 Å². The van der Waals surface area contributed by atoms with E-state index in [1.54, 1.807) is 12.4 Å². The monoisotopic (exact) mass is 929 g/mol. The average molecular weight is 929 g/mol. The molecule has 10 heterocycles. The van der Waals surface area contributed by atoms with Gasteiger partial charge in [-0.25, -0.2) is 9.97 Å². The first kappa shape index (κ1) is 45.9. The van der Waals surface area contributed by atoms with Crippen molar-refractivity contribution in [1.82, 2.24) is 69.7 Å². The van der Waals surface area contributed by atoms with Crippen molar-refractivity contribution in [2.24, 2.45) is 0 Å². The molecule has 8 aromatic heterocycles. The van der Waals surface area contributed by atoms with Gasteiger partial charge in [0, 0.05) is 92.2 Å². The van der Waals surface area contributed by atoms with Gasteiger partial charge >= 0.3 is 0 Å². The first-order valence-corrected chi connectivity index (χ1v) is 24.0. The summed E-state index contributed by atoms with van der Waals surface area (Å²) in [6.07, 6.45) is 16.2. The summed E-state index contributed by atoms with van der Waals surface area (Å²) in [6.45, 7) is 22.0. The molecular weight excluding hydrogens is 869 g/mol. The number of fused-ring (bicyclic) bond motifs is 2. The maximum Gasteiger partial charge on any atom is 0.154 e. The van der Waals surface area contributed by atoms with E-state index in [2.05, 4.69) is 113 Å². The molecule has 0 saturated carbocycles. The van der Waals surface area contributed by atoms with Crippen molar-refractivity contribution in [2.45, 2.75) is 97.8 Å². The number of hydrogen-bond donors (Lipinski definition) is 2. The van der Waals surface area contributed by atoms with E-state index < -0.39 is 0 Å². The van der Waals surface area contributed by atoms with Crippen LogP contribution in [0.1, 0.15) is 77.0 Å². The van der Waals surface area contributed by atoms with E-state index in [-0.39, 0.29) is 36.3 Å². The Morgan fingerprint density at radius 1 is 0.536 bits per heavy atom. The largest absolute Gasteiger partial charge is 0.373 e. The first-order valence-electron chi connectivity index (χ1n) is 24.0. The molecule has 0 bridgehead atoms. The molecule has 0 aliphatic carbocycles. The number of pyridine rings is 4. The zero-order chi connectivity index (χ0) is 47.6. The minimum absolute atomic E-state index is 0.162. The molecule has 2 N–H and O–H groups in total. The van der Waals surface area contributed by atoms with E-state index in [9.17, 15) is 0 Å². The first-order chi connectivity index (χ1) is 33.4. The van der Waals surface area contributed by atoms with E-state index in [1.165, 1.54) is 0 Å². The molecule has 2 fully saturated rings. The highest BCUT2D eigenvalue weighted by atomic mass is 16.5. The minimum atomic E-state index is -0.162. The third-order valence-electron chi connectivity index (χ3n) is 12.9. The maximum atomic E-state index is 5.94. The third-order valence-corrected chi connectivity index (χ3v) is 12.9. The smallest absolute Gasteiger partial charge is 0.154 e. The number of ether oxygens (including phenoxy) is 2. The molecule has 8 aromatic rings. The Hall–Kier alpha value is -6.86. The number of nitrogens with zero attached hydrogens (tertiary/aromatic N) is 14. The quantitative estimate of drug-likeness (QED) is 0.101. The van der Waals surface area contributed by atoms with Crippen LogP contribution in [0.5, 0.6) is 0 Å². The van der Waals surface area contributed by atoms with Crippen LogP contribution in [0.4, 0.5) is 23.3 Å². The highest BCUT2D eigenvalue weighted by Crippen LogP contribution is 2.34. The van der Waals surface area contributed by atoms with E-state index in [1.807, 2.05) is 70.5 Å². The van der Waals surface area contributed by atoms with E-state index in [0.717, 1.165) is 113 Å². The minimum Gasteiger partial charge on any atom is -0.373 e. The topological polar surface area (TPSA) is 188 Å². The summed E-state index contributed by atoms with van der Waals surface area (Å²) in [6, 6.07) is 14.0. The lowest BCUT2D eigenvalue weighted by molar-refractivity contribution is -0.0689. The van der Waals surface area contributed by atoms with Gasteiger partial charge < -0.3 is 20.1 Å². The molecule has 0 aromatic carbocycles. The summed E-state index contributed by atoms with van der Waals surface area (Å²) < 4.78 is 15.8. The van der Waals surface area contributed by atoms with Crippen LogP contribution >= 0.6 is 0 Å². The molecule has 18 nitrogen and oxygen atoms in total. The van der Waals surface area contributed by atoms with Crippen LogP contribution in [0.3, 0.4) is 0 Å². The Bertz CT molecular complexity index is 3040. The molecule has 5 atom stereocenters. The van der Waals surface area contributed by atoms with Crippen molar-refractivity contribution < 1.29 is 9.47 Å². The zero-order valence-electron chi connectivity index (χ0n) is 40.4. The second-order valence-corrected chi connectivity index (χ2v) is 19.0. The van der Waals surface area contributed by atoms with Gasteiger partial charge in [0.2, 0.25) is 0 Å². The number of hydrogen-bond acceptors (Lipinski definition) is 16. The van der Waals surface area contributed by atoms with Crippen LogP contribution in [-0.4, -0.2) is 133 Å². The molecule has 0 amide bonds. The van der Waals surface area contributed by atoms with Gasteiger partial charge in [-0.3, -0.25) is 29.1 Å². The van der Waals surface area contributed by atoms with Gasteiger partial charge in [0.15, 0.2) is 11.6 Å². The Balaban J connectivity index is 0.885. The summed E-state index contributed by atoms with van der Waals surface area (Å²) in [4.78, 5) is 24.7. The van der Waals surface area contributed by atoms with Crippen LogP contribution in [0, 0.1) is 0 Å². The van der Waals surface area contributed by atoms with Gasteiger partial charge in [-0.2, -0.15) is 20.4 Å². The number of anilines is 4. The molecule has 1 unspecified atom stereocenters. The molecule has 0 radical (unpaired) electrons. The van der Waals surface area contributed by atoms with Gasteiger partial charge in [-0.15, -0.1) is 10.2 Å².